The number of benzene rings is 3. The van der Waals surface area contributed by atoms with Gasteiger partial charge in [-0.25, -0.2) is 14.8 Å². The third-order valence-corrected chi connectivity index (χ3v) is 4.59. The maximum absolute atomic E-state index is 12.0. The van der Waals surface area contributed by atoms with Crippen LogP contribution in [0.25, 0.3) is 22.3 Å². The summed E-state index contributed by atoms with van der Waals surface area (Å²) in [7, 11) is 0. The molecule has 0 aliphatic rings. The summed E-state index contributed by atoms with van der Waals surface area (Å²) < 4.78 is 5.09. The van der Waals surface area contributed by atoms with E-state index in [4.69, 9.17) is 21.3 Å². The normalized spacial score (nSPS) is 10.3. The Morgan fingerprint density at radius 3 is 2.53 bits per heavy atom. The van der Waals surface area contributed by atoms with Gasteiger partial charge < -0.3 is 22.5 Å². The second kappa shape index (κ2) is 9.57. The lowest BCUT2D eigenvalue weighted by Crippen LogP contribution is -3.00. The van der Waals surface area contributed by atoms with Gasteiger partial charge in [0.25, 0.3) is 0 Å². The van der Waals surface area contributed by atoms with Crippen molar-refractivity contribution >= 4 is 40.0 Å². The molecule has 1 N–H and O–H groups in total. The molecule has 3 aromatic carbocycles. The van der Waals surface area contributed by atoms with E-state index in [9.17, 15) is 4.79 Å². The van der Waals surface area contributed by atoms with E-state index in [1.165, 1.54) is 0 Å². The largest absolute Gasteiger partial charge is 1.00 e. The maximum atomic E-state index is 12.0. The van der Waals surface area contributed by atoms with Crippen LogP contribution in [0.5, 0.6) is 0 Å². The third-order valence-electron chi connectivity index (χ3n) is 4.34. The van der Waals surface area contributed by atoms with Gasteiger partial charge in [0, 0.05) is 21.7 Å². The zero-order valence-electron chi connectivity index (χ0n) is 16.1. The molecule has 0 aliphatic carbocycles. The van der Waals surface area contributed by atoms with Crippen LogP contribution in [0, 0.1) is 0 Å². The van der Waals surface area contributed by atoms with Crippen molar-refractivity contribution in [1.29, 1.82) is 0 Å². The maximum Gasteiger partial charge on any atom is 0.338 e. The van der Waals surface area contributed by atoms with Crippen LogP contribution in [0.1, 0.15) is 17.3 Å². The van der Waals surface area contributed by atoms with Crippen molar-refractivity contribution in [1.82, 2.24) is 9.97 Å². The summed E-state index contributed by atoms with van der Waals surface area (Å²) in [6, 6.07) is 22.3. The zero-order valence-corrected chi connectivity index (χ0v) is 17.6. The smallest absolute Gasteiger partial charge is 0.338 e. The Morgan fingerprint density at radius 2 is 1.77 bits per heavy atom. The van der Waals surface area contributed by atoms with Crippen molar-refractivity contribution in [2.24, 2.45) is 0 Å². The molecule has 0 radical (unpaired) electrons. The average molecular weight is 439 g/mol. The topological polar surface area (TPSA) is 64.1 Å². The molecule has 0 spiro atoms. The molecule has 0 fully saturated rings. The number of carbonyl (C=O) groups is 1. The third kappa shape index (κ3) is 4.70. The monoisotopic (exact) mass is 438 g/mol. The number of aromatic nitrogens is 2. The highest BCUT2D eigenvalue weighted by molar-refractivity contribution is 6.30. The first-order valence-electron chi connectivity index (χ1n) is 9.21. The van der Waals surface area contributed by atoms with Gasteiger partial charge in [-0.15, -0.1) is 0 Å². The first-order chi connectivity index (χ1) is 14.1. The van der Waals surface area contributed by atoms with E-state index in [1.54, 1.807) is 25.1 Å². The van der Waals surface area contributed by atoms with Crippen molar-refractivity contribution < 1.29 is 21.9 Å². The molecule has 0 aliphatic heterocycles. The van der Waals surface area contributed by atoms with E-state index in [2.05, 4.69) is 10.3 Å². The van der Waals surface area contributed by atoms with E-state index in [0.29, 0.717) is 28.8 Å². The number of rotatable bonds is 5. The lowest BCUT2D eigenvalue weighted by Gasteiger charge is -2.12. The molecule has 0 amide bonds. The molecule has 0 unspecified atom stereocenters. The van der Waals surface area contributed by atoms with Crippen LogP contribution in [0.3, 0.4) is 0 Å². The van der Waals surface area contributed by atoms with E-state index >= 15 is 0 Å². The Morgan fingerprint density at radius 1 is 1.00 bits per heavy atom. The molecule has 30 heavy (non-hydrogen) atoms. The first-order valence-corrected chi connectivity index (χ1v) is 9.59. The summed E-state index contributed by atoms with van der Waals surface area (Å²) in [4.78, 5) is 21.4. The Labute approximate surface area is 185 Å². The van der Waals surface area contributed by atoms with E-state index in [1.807, 2.05) is 54.6 Å². The number of hydrogen-bond acceptors (Lipinski definition) is 5. The summed E-state index contributed by atoms with van der Waals surface area (Å²) in [6.07, 6.45) is 0. The second-order valence-corrected chi connectivity index (χ2v) is 6.78. The van der Waals surface area contributed by atoms with E-state index in [0.717, 1.165) is 22.2 Å². The minimum absolute atomic E-state index is 0. The lowest BCUT2D eigenvalue weighted by atomic mass is 10.1. The number of esters is 1. The molecule has 4 rings (SSSR count). The molecule has 5 nitrogen and oxygen atoms in total. The average Bonchev–Trinajstić information content (AvgIpc) is 2.74. The number of carbonyl (C=O) groups excluding carboxylic acids is 1. The van der Waals surface area contributed by atoms with Crippen molar-refractivity contribution in [2.45, 2.75) is 6.92 Å². The number of nitrogens with one attached hydrogen (secondary N) is 1. The molecular weight excluding hydrogens is 421 g/mol. The van der Waals surface area contributed by atoms with Gasteiger partial charge in [-0.1, -0.05) is 29.8 Å². The zero-order chi connectivity index (χ0) is 20.2. The van der Waals surface area contributed by atoms with Crippen LogP contribution in [-0.2, 0) is 4.74 Å². The van der Waals surface area contributed by atoms with Gasteiger partial charge >= 0.3 is 5.97 Å². The second-order valence-electron chi connectivity index (χ2n) is 6.35. The molecule has 4 aromatic rings. The van der Waals surface area contributed by atoms with Gasteiger partial charge in [0.2, 0.25) is 0 Å². The van der Waals surface area contributed by atoms with Crippen molar-refractivity contribution in [3.8, 4) is 11.4 Å². The molecule has 1 aromatic heterocycles. The lowest BCUT2D eigenvalue weighted by molar-refractivity contribution is -0.0000236. The Balaban J connectivity index is 0.00000256. The van der Waals surface area contributed by atoms with Crippen molar-refractivity contribution in [3.05, 3.63) is 83.4 Å². The van der Waals surface area contributed by atoms with Gasteiger partial charge in [-0.3, -0.25) is 0 Å². The number of ether oxygens (including phenoxy) is 1. The van der Waals surface area contributed by atoms with Gasteiger partial charge in [-0.2, -0.15) is 0 Å². The molecular formula is C23H18Cl2N3O2-. The van der Waals surface area contributed by atoms with Gasteiger partial charge in [-0.05, 0) is 61.5 Å². The predicted octanol–water partition coefficient (Wildman–Crippen LogP) is 2.87. The fourth-order valence-corrected chi connectivity index (χ4v) is 3.10. The fourth-order valence-electron chi connectivity index (χ4n) is 2.98. The number of para-hydroxylation sites is 1. The minimum Gasteiger partial charge on any atom is -1.00 e. The predicted molar refractivity (Wildman–Crippen MR) is 116 cm³/mol. The van der Waals surface area contributed by atoms with Crippen molar-refractivity contribution in [3.63, 3.8) is 0 Å². The van der Waals surface area contributed by atoms with Crippen LogP contribution < -0.4 is 17.7 Å². The summed E-state index contributed by atoms with van der Waals surface area (Å²) >= 11 is 6.00. The molecule has 0 atom stereocenters. The van der Waals surface area contributed by atoms with Gasteiger partial charge in [0.15, 0.2) is 5.82 Å². The Hall–Kier alpha value is -3.15. The number of anilines is 2. The molecule has 0 saturated carbocycles. The highest BCUT2D eigenvalue weighted by Gasteiger charge is 2.11. The minimum atomic E-state index is -0.356. The van der Waals surface area contributed by atoms with E-state index < -0.39 is 0 Å². The summed E-state index contributed by atoms with van der Waals surface area (Å²) in [5.41, 5.74) is 2.90. The summed E-state index contributed by atoms with van der Waals surface area (Å²) in [5.74, 6) is 0.886. The van der Waals surface area contributed by atoms with Crippen molar-refractivity contribution in [2.75, 3.05) is 11.9 Å². The fraction of sp³-hybridized carbons (Fsp3) is 0.0870. The quantitative estimate of drug-likeness (QED) is 0.485. The standard InChI is InChI=1S/C23H18ClN3O2.ClH/c1-2-29-23(28)16-6-5-7-18(14-16)25-22-19-8-3-4-9-20(19)26-21(27-22)15-10-12-17(24)13-11-15;/h3-14H,2H2,1H3,(H,25,26,27);1H/p-1. The molecule has 152 valence electrons. The number of hydrogen-bond donors (Lipinski definition) is 1. The van der Waals surface area contributed by atoms with Crippen LogP contribution >= 0.6 is 11.6 Å². The van der Waals surface area contributed by atoms with Crippen LogP contribution in [0.4, 0.5) is 11.5 Å². The Bertz CT molecular complexity index is 1180. The molecule has 7 heteroatoms. The molecule has 1 heterocycles. The first kappa shape index (κ1) is 21.6. The van der Waals surface area contributed by atoms with Gasteiger partial charge in [0.1, 0.15) is 5.82 Å². The molecule has 0 saturated heterocycles. The van der Waals surface area contributed by atoms with Gasteiger partial charge in [0.05, 0.1) is 17.7 Å². The SMILES string of the molecule is CCOC(=O)c1cccc(Nc2nc(-c3ccc(Cl)cc3)nc3ccccc23)c1.[Cl-]. The van der Waals surface area contributed by atoms with Crippen LogP contribution in [0.2, 0.25) is 5.02 Å². The highest BCUT2D eigenvalue weighted by atomic mass is 35.5. The highest BCUT2D eigenvalue weighted by Crippen LogP contribution is 2.28. The molecule has 0 bridgehead atoms. The number of halogens is 2. The summed E-state index contributed by atoms with van der Waals surface area (Å²) in [6.45, 7) is 2.11. The number of nitrogens with zero attached hydrogens (tertiary/aromatic N) is 2. The Kier molecular flexibility index (Phi) is 6.87. The van der Waals surface area contributed by atoms with Crippen LogP contribution in [0.15, 0.2) is 72.8 Å². The van der Waals surface area contributed by atoms with E-state index in [-0.39, 0.29) is 18.4 Å². The number of fused-ring (bicyclic) bond motifs is 1. The summed E-state index contributed by atoms with van der Waals surface area (Å²) in [5, 5.41) is 4.86. The van der Waals surface area contributed by atoms with Crippen LogP contribution in [-0.4, -0.2) is 22.5 Å².